The lowest BCUT2D eigenvalue weighted by molar-refractivity contribution is 1.35. The van der Waals surface area contributed by atoms with Crippen molar-refractivity contribution in [1.82, 2.24) is 0 Å². The highest BCUT2D eigenvalue weighted by Crippen LogP contribution is 1.96. The van der Waals surface area contributed by atoms with E-state index in [-0.39, 0.29) is 0 Å². The van der Waals surface area contributed by atoms with Gasteiger partial charge in [-0.3, -0.25) is 4.99 Å². The fourth-order valence-corrected chi connectivity index (χ4v) is 0.524. The molecule has 0 N–H and O–H groups in total. The van der Waals surface area contributed by atoms with Crippen molar-refractivity contribution in [2.75, 3.05) is 6.66 Å². The van der Waals surface area contributed by atoms with Crippen LogP contribution >= 0.6 is 8.58 Å². The van der Waals surface area contributed by atoms with Crippen molar-refractivity contribution in [1.29, 1.82) is 0 Å². The SMILES string of the molecule is C=C(C)/N=C\PC. The maximum atomic E-state index is 3.94. The summed E-state index contributed by atoms with van der Waals surface area (Å²) in [6, 6.07) is 0. The highest BCUT2D eigenvalue weighted by molar-refractivity contribution is 7.54. The third-order valence-corrected chi connectivity index (χ3v) is 0.801. The van der Waals surface area contributed by atoms with Crippen LogP contribution in [0.3, 0.4) is 0 Å². The van der Waals surface area contributed by atoms with Crippen molar-refractivity contribution in [3.63, 3.8) is 0 Å². The molecule has 0 rings (SSSR count). The molecule has 0 aromatic carbocycles. The topological polar surface area (TPSA) is 12.4 Å². The fourth-order valence-electron chi connectivity index (χ4n) is 0.175. The van der Waals surface area contributed by atoms with Gasteiger partial charge in [-0.2, -0.15) is 0 Å². The number of hydrogen-bond acceptors (Lipinski definition) is 1. The highest BCUT2D eigenvalue weighted by Gasteiger charge is 1.68. The van der Waals surface area contributed by atoms with Crippen molar-refractivity contribution < 1.29 is 0 Å². The van der Waals surface area contributed by atoms with E-state index in [4.69, 9.17) is 0 Å². The Hall–Kier alpha value is -0.160. The van der Waals surface area contributed by atoms with Gasteiger partial charge in [-0.05, 0) is 13.6 Å². The zero-order chi connectivity index (χ0) is 5.70. The minimum Gasteiger partial charge on any atom is -0.262 e. The molecule has 1 unspecified atom stereocenters. The predicted molar refractivity (Wildman–Crippen MR) is 37.5 cm³/mol. The van der Waals surface area contributed by atoms with Crippen LogP contribution in [-0.2, 0) is 0 Å². The molecule has 0 fully saturated rings. The number of hydrogen-bond donors (Lipinski definition) is 0. The molecule has 0 saturated carbocycles. The molecule has 0 amide bonds. The number of nitrogens with zero attached hydrogens (tertiary/aromatic N) is 1. The van der Waals surface area contributed by atoms with E-state index < -0.39 is 0 Å². The number of aliphatic imine (C=N–C) groups is 1. The Labute approximate surface area is 46.3 Å². The summed E-state index contributed by atoms with van der Waals surface area (Å²) in [5.74, 6) is 1.88. The van der Waals surface area contributed by atoms with E-state index in [1.54, 1.807) is 0 Å². The van der Waals surface area contributed by atoms with Crippen molar-refractivity contribution in [2.45, 2.75) is 6.92 Å². The van der Waals surface area contributed by atoms with Crippen LogP contribution in [-0.4, -0.2) is 12.6 Å². The fraction of sp³-hybridized carbons (Fsp3) is 0.400. The first-order valence-corrected chi connectivity index (χ1v) is 3.70. The molecular formula is C5H10NP. The van der Waals surface area contributed by atoms with E-state index in [1.807, 2.05) is 12.9 Å². The van der Waals surface area contributed by atoms with Gasteiger partial charge in [-0.25, -0.2) is 0 Å². The van der Waals surface area contributed by atoms with Crippen LogP contribution in [0.2, 0.25) is 0 Å². The second-order valence-electron chi connectivity index (χ2n) is 1.28. The van der Waals surface area contributed by atoms with Crippen molar-refractivity contribution in [3.8, 4) is 0 Å². The predicted octanol–water partition coefficient (Wildman–Crippen LogP) is 1.86. The van der Waals surface area contributed by atoms with Crippen LogP contribution in [0, 0.1) is 0 Å². The first-order valence-electron chi connectivity index (χ1n) is 2.12. The Morgan fingerprint density at radius 1 is 1.86 bits per heavy atom. The van der Waals surface area contributed by atoms with Gasteiger partial charge >= 0.3 is 0 Å². The molecule has 0 bridgehead atoms. The molecule has 0 saturated heterocycles. The van der Waals surface area contributed by atoms with Gasteiger partial charge in [0.15, 0.2) is 0 Å². The molecule has 1 nitrogen and oxygen atoms in total. The zero-order valence-corrected chi connectivity index (χ0v) is 5.73. The molecule has 0 aliphatic rings. The average molecular weight is 115 g/mol. The minimum absolute atomic E-state index is 0.798. The molecule has 0 aliphatic heterocycles. The number of allylic oxidation sites excluding steroid dienone is 1. The third-order valence-electron chi connectivity index (χ3n) is 0.414. The Morgan fingerprint density at radius 2 is 2.43 bits per heavy atom. The monoisotopic (exact) mass is 115 g/mol. The largest absolute Gasteiger partial charge is 0.262 e. The Morgan fingerprint density at radius 3 is 2.57 bits per heavy atom. The van der Waals surface area contributed by atoms with Crippen LogP contribution in [0.15, 0.2) is 17.3 Å². The van der Waals surface area contributed by atoms with E-state index in [1.165, 1.54) is 0 Å². The summed E-state index contributed by atoms with van der Waals surface area (Å²) in [4.78, 5) is 3.94. The third kappa shape index (κ3) is 5.84. The summed E-state index contributed by atoms with van der Waals surface area (Å²) in [5, 5.41) is 0. The lowest BCUT2D eigenvalue weighted by atomic mass is 10.6. The summed E-state index contributed by atoms with van der Waals surface area (Å²) >= 11 is 0. The lowest BCUT2D eigenvalue weighted by Gasteiger charge is -1.80. The van der Waals surface area contributed by atoms with E-state index in [0.29, 0.717) is 0 Å². The maximum Gasteiger partial charge on any atom is 0.0301 e. The maximum absolute atomic E-state index is 3.94. The molecular weight excluding hydrogens is 105 g/mol. The molecule has 0 heterocycles. The molecule has 0 aromatic heterocycles. The quantitative estimate of drug-likeness (QED) is 0.384. The molecule has 40 valence electrons. The van der Waals surface area contributed by atoms with Gasteiger partial charge < -0.3 is 0 Å². The van der Waals surface area contributed by atoms with Crippen molar-refractivity contribution >= 4 is 14.5 Å². The van der Waals surface area contributed by atoms with Gasteiger partial charge in [0.05, 0.1) is 0 Å². The van der Waals surface area contributed by atoms with E-state index in [2.05, 4.69) is 18.2 Å². The minimum atomic E-state index is 0.798. The zero-order valence-electron chi connectivity index (χ0n) is 4.73. The van der Waals surface area contributed by atoms with Crippen LogP contribution in [0.25, 0.3) is 0 Å². The summed E-state index contributed by atoms with van der Waals surface area (Å²) in [6.07, 6.45) is 0. The number of rotatable bonds is 2. The van der Waals surface area contributed by atoms with Crippen molar-refractivity contribution in [2.24, 2.45) is 4.99 Å². The van der Waals surface area contributed by atoms with E-state index in [9.17, 15) is 0 Å². The first-order chi connectivity index (χ1) is 3.27. The summed E-state index contributed by atoms with van der Waals surface area (Å²) in [6.45, 7) is 7.56. The molecule has 7 heavy (non-hydrogen) atoms. The van der Waals surface area contributed by atoms with Gasteiger partial charge in [0.2, 0.25) is 0 Å². The van der Waals surface area contributed by atoms with E-state index in [0.717, 1.165) is 14.3 Å². The van der Waals surface area contributed by atoms with Gasteiger partial charge in [0.1, 0.15) is 0 Å². The van der Waals surface area contributed by atoms with E-state index >= 15 is 0 Å². The smallest absolute Gasteiger partial charge is 0.0301 e. The first kappa shape index (κ1) is 6.84. The molecule has 0 aliphatic carbocycles. The van der Waals surface area contributed by atoms with Crippen LogP contribution in [0.4, 0.5) is 0 Å². The van der Waals surface area contributed by atoms with Crippen LogP contribution in [0.1, 0.15) is 6.92 Å². The summed E-state index contributed by atoms with van der Waals surface area (Å²) in [5.41, 5.74) is 0.884. The molecule has 0 aromatic rings. The van der Waals surface area contributed by atoms with Gasteiger partial charge in [0.25, 0.3) is 0 Å². The Bertz CT molecular complexity index is 86.1. The second kappa shape index (κ2) is 4.01. The summed E-state index contributed by atoms with van der Waals surface area (Å²) < 4.78 is 0. The van der Waals surface area contributed by atoms with Gasteiger partial charge in [-0.15, -0.1) is 0 Å². The Kier molecular flexibility index (Phi) is 3.92. The Balaban J connectivity index is 3.26. The normalized spacial score (nSPS) is 11.7. The molecule has 0 radical (unpaired) electrons. The van der Waals surface area contributed by atoms with Crippen molar-refractivity contribution in [3.05, 3.63) is 12.3 Å². The van der Waals surface area contributed by atoms with Crippen LogP contribution < -0.4 is 0 Å². The highest BCUT2D eigenvalue weighted by atomic mass is 31.1. The van der Waals surface area contributed by atoms with Crippen LogP contribution in [0.5, 0.6) is 0 Å². The summed E-state index contributed by atoms with van der Waals surface area (Å²) in [7, 11) is 0.798. The molecule has 0 spiro atoms. The average Bonchev–Trinajstić information content (AvgIpc) is 1.61. The van der Waals surface area contributed by atoms with Gasteiger partial charge in [-0.1, -0.05) is 15.2 Å². The molecule has 1 atom stereocenters. The standard InChI is InChI=1S/C5H10NP/c1-5(2)6-4-7-3/h4,7H,1H2,2-3H3/b6-4-. The molecule has 2 heteroatoms. The lowest BCUT2D eigenvalue weighted by Crippen LogP contribution is -1.60. The van der Waals surface area contributed by atoms with Gasteiger partial charge in [0, 0.05) is 11.7 Å². The second-order valence-corrected chi connectivity index (χ2v) is 2.12.